The van der Waals surface area contributed by atoms with Crippen molar-refractivity contribution in [3.05, 3.63) is 23.8 Å². The van der Waals surface area contributed by atoms with Gasteiger partial charge in [-0.15, -0.1) is 0 Å². The Morgan fingerprint density at radius 1 is 1.33 bits per heavy atom. The molecule has 9 heavy (non-hydrogen) atoms. The normalized spacial score (nSPS) is 11.2. The Labute approximate surface area is 56.1 Å². The maximum atomic E-state index is 10.6. The Bertz CT molecular complexity index is 163. The quantitative estimate of drug-likeness (QED) is 0.407. The fourth-order valence-corrected chi connectivity index (χ4v) is 0.471. The van der Waals surface area contributed by atoms with Crippen molar-refractivity contribution in [3.8, 4) is 0 Å². The van der Waals surface area contributed by atoms with Gasteiger partial charge in [0.05, 0.1) is 0 Å². The summed E-state index contributed by atoms with van der Waals surface area (Å²) in [5.41, 5.74) is 1.69. The number of hydrogen-bond acceptors (Lipinski definition) is 1. The molecule has 0 aromatic heterocycles. The second kappa shape index (κ2) is 3.23. The van der Waals surface area contributed by atoms with E-state index in [4.69, 9.17) is 0 Å². The van der Waals surface area contributed by atoms with Crippen LogP contribution >= 0.6 is 0 Å². The smallest absolute Gasteiger partial charge is 0.155 e. The van der Waals surface area contributed by atoms with E-state index in [0.717, 1.165) is 11.1 Å². The largest absolute Gasteiger partial charge is 0.295 e. The maximum absolute atomic E-state index is 10.6. The van der Waals surface area contributed by atoms with Crippen LogP contribution in [0.15, 0.2) is 23.8 Å². The molecule has 1 heteroatoms. The van der Waals surface area contributed by atoms with Crippen LogP contribution in [0.2, 0.25) is 0 Å². The first-order valence-electron chi connectivity index (χ1n) is 2.89. The Balaban J connectivity index is 4.17. The summed E-state index contributed by atoms with van der Waals surface area (Å²) < 4.78 is 0. The zero-order valence-electron chi connectivity index (χ0n) is 6.19. The standard InChI is InChI=1S/C8H12O/c1-6(2)5-7(3)8(4)9/h5H,1H2,2-4H3/b7-5-. The summed E-state index contributed by atoms with van der Waals surface area (Å²) in [5.74, 6) is 0.109. The molecule has 0 bridgehead atoms. The van der Waals surface area contributed by atoms with E-state index in [9.17, 15) is 4.79 Å². The molecule has 0 heterocycles. The third-order valence-corrected chi connectivity index (χ3v) is 1.02. The van der Waals surface area contributed by atoms with E-state index in [1.807, 2.05) is 6.92 Å². The molecule has 1 nitrogen and oxygen atoms in total. The molecule has 0 N–H and O–H groups in total. The molecule has 0 atom stereocenters. The van der Waals surface area contributed by atoms with Crippen molar-refractivity contribution in [2.45, 2.75) is 20.8 Å². The Hall–Kier alpha value is -0.850. The zero-order chi connectivity index (χ0) is 7.44. The van der Waals surface area contributed by atoms with Crippen LogP contribution in [0.3, 0.4) is 0 Å². The van der Waals surface area contributed by atoms with E-state index in [-0.39, 0.29) is 5.78 Å². The first-order valence-corrected chi connectivity index (χ1v) is 2.89. The van der Waals surface area contributed by atoms with Crippen molar-refractivity contribution in [2.24, 2.45) is 0 Å². The number of carbonyl (C=O) groups excluding carboxylic acids is 1. The van der Waals surface area contributed by atoms with Gasteiger partial charge in [-0.2, -0.15) is 0 Å². The van der Waals surface area contributed by atoms with Gasteiger partial charge in [-0.05, 0) is 26.3 Å². The minimum Gasteiger partial charge on any atom is -0.295 e. The molecule has 0 aliphatic carbocycles. The average molecular weight is 124 g/mol. The number of rotatable bonds is 2. The van der Waals surface area contributed by atoms with Gasteiger partial charge in [0.25, 0.3) is 0 Å². The van der Waals surface area contributed by atoms with E-state index in [1.54, 1.807) is 19.9 Å². The number of ketones is 1. The van der Waals surface area contributed by atoms with E-state index in [2.05, 4.69) is 6.58 Å². The second-order valence-electron chi connectivity index (χ2n) is 2.23. The number of hydrogen-bond donors (Lipinski definition) is 0. The monoisotopic (exact) mass is 124 g/mol. The van der Waals surface area contributed by atoms with Crippen LogP contribution in [-0.4, -0.2) is 5.78 Å². The molecule has 50 valence electrons. The van der Waals surface area contributed by atoms with Gasteiger partial charge in [-0.1, -0.05) is 18.2 Å². The summed E-state index contributed by atoms with van der Waals surface area (Å²) >= 11 is 0. The SMILES string of the molecule is C=C(C)/C=C(/C)C(C)=O. The molecule has 0 aromatic rings. The van der Waals surface area contributed by atoms with Crippen molar-refractivity contribution in [2.75, 3.05) is 0 Å². The predicted molar refractivity (Wildman–Crippen MR) is 39.3 cm³/mol. The highest BCUT2D eigenvalue weighted by Crippen LogP contribution is 1.98. The highest BCUT2D eigenvalue weighted by atomic mass is 16.1. The highest BCUT2D eigenvalue weighted by Gasteiger charge is 1.92. The third-order valence-electron chi connectivity index (χ3n) is 1.02. The molecule has 0 aliphatic rings. The minimum absolute atomic E-state index is 0.109. The van der Waals surface area contributed by atoms with Crippen LogP contribution < -0.4 is 0 Å². The predicted octanol–water partition coefficient (Wildman–Crippen LogP) is 2.10. The molecule has 0 fully saturated rings. The van der Waals surface area contributed by atoms with Crippen LogP contribution in [0.25, 0.3) is 0 Å². The molecule has 0 radical (unpaired) electrons. The summed E-state index contributed by atoms with van der Waals surface area (Å²) in [6, 6.07) is 0. The maximum Gasteiger partial charge on any atom is 0.155 e. The minimum atomic E-state index is 0.109. The van der Waals surface area contributed by atoms with Crippen molar-refractivity contribution >= 4 is 5.78 Å². The summed E-state index contributed by atoms with van der Waals surface area (Å²) in [7, 11) is 0. The Morgan fingerprint density at radius 2 is 1.78 bits per heavy atom. The Kier molecular flexibility index (Phi) is 2.93. The number of carbonyl (C=O) groups is 1. The molecular formula is C8H12O. The van der Waals surface area contributed by atoms with Crippen LogP contribution in [0.5, 0.6) is 0 Å². The average Bonchev–Trinajstić information content (AvgIpc) is 1.63. The van der Waals surface area contributed by atoms with Gasteiger partial charge in [0.15, 0.2) is 5.78 Å². The van der Waals surface area contributed by atoms with Crippen LogP contribution in [-0.2, 0) is 4.79 Å². The lowest BCUT2D eigenvalue weighted by molar-refractivity contribution is -0.113. The van der Waals surface area contributed by atoms with Crippen molar-refractivity contribution in [1.82, 2.24) is 0 Å². The lowest BCUT2D eigenvalue weighted by atomic mass is 10.1. The number of allylic oxidation sites excluding steroid dienone is 3. The van der Waals surface area contributed by atoms with E-state index >= 15 is 0 Å². The van der Waals surface area contributed by atoms with Crippen LogP contribution in [0.4, 0.5) is 0 Å². The molecule has 0 unspecified atom stereocenters. The summed E-state index contributed by atoms with van der Waals surface area (Å²) in [6.45, 7) is 8.86. The molecule has 0 spiro atoms. The fourth-order valence-electron chi connectivity index (χ4n) is 0.471. The molecule has 0 rings (SSSR count). The molecule has 0 aliphatic heterocycles. The van der Waals surface area contributed by atoms with Gasteiger partial charge in [0.2, 0.25) is 0 Å². The first kappa shape index (κ1) is 8.15. The van der Waals surface area contributed by atoms with Gasteiger partial charge >= 0.3 is 0 Å². The van der Waals surface area contributed by atoms with Gasteiger partial charge in [-0.3, -0.25) is 4.79 Å². The van der Waals surface area contributed by atoms with Crippen LogP contribution in [0.1, 0.15) is 20.8 Å². The van der Waals surface area contributed by atoms with E-state index in [0.29, 0.717) is 0 Å². The lowest BCUT2D eigenvalue weighted by Gasteiger charge is -1.91. The second-order valence-corrected chi connectivity index (χ2v) is 2.23. The van der Waals surface area contributed by atoms with Crippen molar-refractivity contribution < 1.29 is 4.79 Å². The zero-order valence-corrected chi connectivity index (χ0v) is 6.19. The molecular weight excluding hydrogens is 112 g/mol. The number of Topliss-reactive ketones (excluding diaryl/α,β-unsaturated/α-hetero) is 1. The topological polar surface area (TPSA) is 17.1 Å². The van der Waals surface area contributed by atoms with E-state index in [1.165, 1.54) is 0 Å². The van der Waals surface area contributed by atoms with Crippen molar-refractivity contribution in [1.29, 1.82) is 0 Å². The fraction of sp³-hybridized carbons (Fsp3) is 0.375. The van der Waals surface area contributed by atoms with E-state index < -0.39 is 0 Å². The van der Waals surface area contributed by atoms with Crippen molar-refractivity contribution in [3.63, 3.8) is 0 Å². The first-order chi connectivity index (χ1) is 4.04. The molecule has 0 aromatic carbocycles. The molecule has 0 amide bonds. The Morgan fingerprint density at radius 3 is 1.89 bits per heavy atom. The van der Waals surface area contributed by atoms with Gasteiger partial charge < -0.3 is 0 Å². The van der Waals surface area contributed by atoms with Gasteiger partial charge in [0.1, 0.15) is 0 Å². The third kappa shape index (κ3) is 3.71. The lowest BCUT2D eigenvalue weighted by Crippen LogP contribution is -1.90. The van der Waals surface area contributed by atoms with Gasteiger partial charge in [0, 0.05) is 0 Å². The highest BCUT2D eigenvalue weighted by molar-refractivity contribution is 5.93. The summed E-state index contributed by atoms with van der Waals surface area (Å²) in [5, 5.41) is 0. The summed E-state index contributed by atoms with van der Waals surface area (Å²) in [4.78, 5) is 10.6. The molecule has 0 saturated heterocycles. The van der Waals surface area contributed by atoms with Crippen LogP contribution in [0, 0.1) is 0 Å². The molecule has 0 saturated carbocycles. The summed E-state index contributed by atoms with van der Waals surface area (Å²) in [6.07, 6.45) is 1.78. The van der Waals surface area contributed by atoms with Gasteiger partial charge in [-0.25, -0.2) is 0 Å².